The molecule has 0 aliphatic heterocycles. The van der Waals surface area contributed by atoms with E-state index in [9.17, 15) is 4.79 Å². The van der Waals surface area contributed by atoms with Crippen molar-refractivity contribution in [2.24, 2.45) is 0 Å². The predicted molar refractivity (Wildman–Crippen MR) is 91.9 cm³/mol. The minimum atomic E-state index is -0.265. The molecule has 1 aromatic carbocycles. The van der Waals surface area contributed by atoms with E-state index in [0.717, 1.165) is 10.2 Å². The number of amides is 1. The van der Waals surface area contributed by atoms with Crippen LogP contribution in [0.5, 0.6) is 11.9 Å². The number of rotatable bonds is 6. The maximum atomic E-state index is 12.5. The first-order chi connectivity index (χ1) is 11.7. The fourth-order valence-electron chi connectivity index (χ4n) is 2.07. The van der Waals surface area contributed by atoms with Gasteiger partial charge in [0.25, 0.3) is 5.91 Å². The van der Waals surface area contributed by atoms with E-state index >= 15 is 0 Å². The summed E-state index contributed by atoms with van der Waals surface area (Å²) in [5, 5.41) is 2.78. The third-order valence-corrected chi connectivity index (χ3v) is 3.92. The molecule has 2 heterocycles. The van der Waals surface area contributed by atoms with Crippen LogP contribution in [0, 0.1) is 0 Å². The Labute approximate surface area is 142 Å². The second kappa shape index (κ2) is 7.22. The SMILES string of the molecule is CCOc1ncc(NC(=O)c2ccc3ncsc3c2)c(OCC)n1. The topological polar surface area (TPSA) is 86.2 Å². The van der Waals surface area contributed by atoms with Crippen molar-refractivity contribution in [3.63, 3.8) is 0 Å². The summed E-state index contributed by atoms with van der Waals surface area (Å²) in [6.45, 7) is 4.55. The molecule has 3 rings (SSSR count). The van der Waals surface area contributed by atoms with Gasteiger partial charge in [0, 0.05) is 5.56 Å². The van der Waals surface area contributed by atoms with Crippen molar-refractivity contribution in [3.8, 4) is 11.9 Å². The number of thiazole rings is 1. The normalized spacial score (nSPS) is 10.6. The van der Waals surface area contributed by atoms with Crippen molar-refractivity contribution in [3.05, 3.63) is 35.5 Å². The highest BCUT2D eigenvalue weighted by Crippen LogP contribution is 2.25. The van der Waals surface area contributed by atoms with Crippen molar-refractivity contribution >= 4 is 33.1 Å². The van der Waals surface area contributed by atoms with E-state index in [2.05, 4.69) is 20.3 Å². The maximum Gasteiger partial charge on any atom is 0.319 e. The Morgan fingerprint density at radius 2 is 2.04 bits per heavy atom. The summed E-state index contributed by atoms with van der Waals surface area (Å²) in [6, 6.07) is 5.56. The monoisotopic (exact) mass is 344 g/mol. The Hall–Kier alpha value is -2.74. The van der Waals surface area contributed by atoms with Crippen LogP contribution >= 0.6 is 11.3 Å². The van der Waals surface area contributed by atoms with E-state index in [4.69, 9.17) is 9.47 Å². The highest BCUT2D eigenvalue weighted by Gasteiger charge is 2.14. The fourth-order valence-corrected chi connectivity index (χ4v) is 2.79. The van der Waals surface area contributed by atoms with E-state index in [1.807, 2.05) is 19.9 Å². The molecule has 0 radical (unpaired) electrons. The molecule has 0 fully saturated rings. The van der Waals surface area contributed by atoms with E-state index in [1.54, 1.807) is 17.6 Å². The lowest BCUT2D eigenvalue weighted by Gasteiger charge is -2.11. The Bertz CT molecular complexity index is 865. The summed E-state index contributed by atoms with van der Waals surface area (Å²) >= 11 is 1.49. The van der Waals surface area contributed by atoms with Crippen molar-refractivity contribution in [2.75, 3.05) is 18.5 Å². The third kappa shape index (κ3) is 3.43. The van der Waals surface area contributed by atoms with Crippen molar-refractivity contribution in [2.45, 2.75) is 13.8 Å². The van der Waals surface area contributed by atoms with Crippen LogP contribution in [0.4, 0.5) is 5.69 Å². The molecule has 3 aromatic rings. The van der Waals surface area contributed by atoms with Crippen LogP contribution < -0.4 is 14.8 Å². The average Bonchev–Trinajstić information content (AvgIpc) is 3.05. The number of fused-ring (bicyclic) bond motifs is 1. The number of carbonyl (C=O) groups excluding carboxylic acids is 1. The number of hydrogen-bond acceptors (Lipinski definition) is 7. The number of anilines is 1. The first kappa shape index (κ1) is 16.1. The molecule has 124 valence electrons. The van der Waals surface area contributed by atoms with Crippen LogP contribution in [0.25, 0.3) is 10.2 Å². The molecule has 0 spiro atoms. The summed E-state index contributed by atoms with van der Waals surface area (Å²) in [4.78, 5) is 24.9. The first-order valence-corrected chi connectivity index (χ1v) is 8.36. The third-order valence-electron chi connectivity index (χ3n) is 3.13. The van der Waals surface area contributed by atoms with Gasteiger partial charge in [-0.3, -0.25) is 4.79 Å². The molecule has 0 aliphatic carbocycles. The van der Waals surface area contributed by atoms with Gasteiger partial charge in [-0.2, -0.15) is 4.98 Å². The van der Waals surface area contributed by atoms with Crippen LogP contribution in [-0.2, 0) is 0 Å². The molecule has 0 saturated heterocycles. The van der Waals surface area contributed by atoms with Gasteiger partial charge in [0.15, 0.2) is 0 Å². The van der Waals surface area contributed by atoms with Gasteiger partial charge < -0.3 is 14.8 Å². The second-order valence-corrected chi connectivity index (χ2v) is 5.61. The van der Waals surface area contributed by atoms with Crippen molar-refractivity contribution < 1.29 is 14.3 Å². The lowest BCUT2D eigenvalue weighted by atomic mass is 10.2. The Morgan fingerprint density at radius 1 is 1.21 bits per heavy atom. The average molecular weight is 344 g/mol. The van der Waals surface area contributed by atoms with Gasteiger partial charge in [-0.1, -0.05) is 0 Å². The van der Waals surface area contributed by atoms with Gasteiger partial charge in [0.1, 0.15) is 5.69 Å². The van der Waals surface area contributed by atoms with E-state index < -0.39 is 0 Å². The van der Waals surface area contributed by atoms with E-state index in [0.29, 0.717) is 24.5 Å². The van der Waals surface area contributed by atoms with Crippen LogP contribution in [-0.4, -0.2) is 34.1 Å². The van der Waals surface area contributed by atoms with Gasteiger partial charge in [-0.25, -0.2) is 9.97 Å². The molecular formula is C16H16N4O3S. The second-order valence-electron chi connectivity index (χ2n) is 4.73. The number of hydrogen-bond donors (Lipinski definition) is 1. The summed E-state index contributed by atoms with van der Waals surface area (Å²) in [5.74, 6) is 0.0159. The first-order valence-electron chi connectivity index (χ1n) is 7.48. The molecule has 7 nitrogen and oxygen atoms in total. The molecule has 24 heavy (non-hydrogen) atoms. The Morgan fingerprint density at radius 3 is 2.83 bits per heavy atom. The summed E-state index contributed by atoms with van der Waals surface area (Å²) in [5.41, 5.74) is 3.55. The van der Waals surface area contributed by atoms with Crippen LogP contribution in [0.15, 0.2) is 29.9 Å². The largest absolute Gasteiger partial charge is 0.476 e. The van der Waals surface area contributed by atoms with Crippen molar-refractivity contribution in [1.29, 1.82) is 0 Å². The fraction of sp³-hybridized carbons (Fsp3) is 0.250. The van der Waals surface area contributed by atoms with E-state index in [1.165, 1.54) is 17.5 Å². The van der Waals surface area contributed by atoms with Gasteiger partial charge >= 0.3 is 6.01 Å². The minimum absolute atomic E-state index is 0.213. The number of carbonyl (C=O) groups is 1. The van der Waals surface area contributed by atoms with Gasteiger partial charge in [-0.05, 0) is 32.0 Å². The molecule has 0 aliphatic rings. The Kier molecular flexibility index (Phi) is 4.85. The van der Waals surface area contributed by atoms with Crippen LogP contribution in [0.3, 0.4) is 0 Å². The molecule has 0 unspecified atom stereocenters. The molecule has 0 atom stereocenters. The molecule has 1 N–H and O–H groups in total. The molecule has 0 saturated carbocycles. The van der Waals surface area contributed by atoms with Gasteiger partial charge in [0.2, 0.25) is 5.88 Å². The van der Waals surface area contributed by atoms with Crippen molar-refractivity contribution in [1.82, 2.24) is 15.0 Å². The number of aromatic nitrogens is 3. The summed E-state index contributed by atoms with van der Waals surface area (Å²) < 4.78 is 11.7. The van der Waals surface area contributed by atoms with Crippen LogP contribution in [0.1, 0.15) is 24.2 Å². The highest BCUT2D eigenvalue weighted by atomic mass is 32.1. The van der Waals surface area contributed by atoms with Gasteiger partial charge in [0.05, 0.1) is 35.1 Å². The number of nitrogens with zero attached hydrogens (tertiary/aromatic N) is 3. The zero-order chi connectivity index (χ0) is 16.9. The van der Waals surface area contributed by atoms with E-state index in [-0.39, 0.29) is 17.8 Å². The zero-order valence-corrected chi connectivity index (χ0v) is 14.1. The quantitative estimate of drug-likeness (QED) is 0.739. The molecule has 1 amide bonds. The predicted octanol–water partition coefficient (Wildman–Crippen LogP) is 3.14. The lowest BCUT2D eigenvalue weighted by molar-refractivity contribution is 0.102. The summed E-state index contributed by atoms with van der Waals surface area (Å²) in [7, 11) is 0. The van der Waals surface area contributed by atoms with Crippen LogP contribution in [0.2, 0.25) is 0 Å². The molecule has 0 bridgehead atoms. The highest BCUT2D eigenvalue weighted by molar-refractivity contribution is 7.16. The zero-order valence-electron chi connectivity index (χ0n) is 13.3. The number of ether oxygens (including phenoxy) is 2. The standard InChI is InChI=1S/C16H16N4O3S/c1-3-22-15-12(8-17-16(20-15)23-4-2)19-14(21)10-5-6-11-13(7-10)24-9-18-11/h5-9H,3-4H2,1-2H3,(H,19,21). The number of benzene rings is 1. The number of nitrogens with one attached hydrogen (secondary N) is 1. The Balaban J connectivity index is 1.84. The smallest absolute Gasteiger partial charge is 0.319 e. The molecular weight excluding hydrogens is 328 g/mol. The molecule has 2 aromatic heterocycles. The van der Waals surface area contributed by atoms with Gasteiger partial charge in [-0.15, -0.1) is 11.3 Å². The summed E-state index contributed by atoms with van der Waals surface area (Å²) in [6.07, 6.45) is 1.48. The maximum absolute atomic E-state index is 12.5. The lowest BCUT2D eigenvalue weighted by Crippen LogP contribution is -2.14. The molecule has 8 heteroatoms. The minimum Gasteiger partial charge on any atom is -0.476 e.